The molecule has 0 radical (unpaired) electrons. The molecule has 116 valence electrons. The van der Waals surface area contributed by atoms with Crippen LogP contribution in [0.4, 0.5) is 0 Å². The van der Waals surface area contributed by atoms with Crippen molar-refractivity contribution in [3.05, 3.63) is 34.7 Å². The Balaban J connectivity index is 1.74. The lowest BCUT2D eigenvalue weighted by Crippen LogP contribution is -2.49. The molecule has 1 N–H and O–H groups in total. The Bertz CT molecular complexity index is 717. The maximum absolute atomic E-state index is 12.7. The summed E-state index contributed by atoms with van der Waals surface area (Å²) >= 11 is 1.54. The normalized spacial score (nSPS) is 16.1. The number of benzene rings is 1. The van der Waals surface area contributed by atoms with Gasteiger partial charge < -0.3 is 10.0 Å². The number of nitrogens with zero attached hydrogens (tertiary/aromatic N) is 2. The molecule has 2 aromatic rings. The van der Waals surface area contributed by atoms with Crippen LogP contribution < -0.4 is 0 Å². The van der Waals surface area contributed by atoms with E-state index in [1.54, 1.807) is 0 Å². The Kier molecular flexibility index (Phi) is 4.13. The molecule has 2 heterocycles. The number of carbonyl (C=O) groups excluding carboxylic acids is 1. The molecule has 6 heteroatoms. The molecule has 1 aliphatic heterocycles. The van der Waals surface area contributed by atoms with Crippen LogP contribution in [0.3, 0.4) is 0 Å². The summed E-state index contributed by atoms with van der Waals surface area (Å²) in [5.74, 6) is -0.756. The average molecular weight is 318 g/mol. The van der Waals surface area contributed by atoms with Crippen molar-refractivity contribution in [2.75, 3.05) is 32.7 Å². The van der Waals surface area contributed by atoms with Crippen molar-refractivity contribution in [1.29, 1.82) is 0 Å². The molecule has 0 spiro atoms. The predicted molar refractivity (Wildman–Crippen MR) is 86.5 cm³/mol. The highest BCUT2D eigenvalue weighted by atomic mass is 32.1. The van der Waals surface area contributed by atoms with E-state index in [9.17, 15) is 9.59 Å². The number of fused-ring (bicyclic) bond motifs is 1. The first kappa shape index (κ1) is 15.0. The van der Waals surface area contributed by atoms with Gasteiger partial charge >= 0.3 is 5.97 Å². The number of piperazine rings is 1. The molecule has 0 atom stereocenters. The van der Waals surface area contributed by atoms with Crippen LogP contribution in [0.25, 0.3) is 10.1 Å². The highest BCUT2D eigenvalue weighted by molar-refractivity contribution is 7.21. The predicted octanol–water partition coefficient (Wildman–Crippen LogP) is 2.05. The Morgan fingerprint density at radius 1 is 1.18 bits per heavy atom. The van der Waals surface area contributed by atoms with Crippen molar-refractivity contribution >= 4 is 33.3 Å². The maximum Gasteiger partial charge on any atom is 0.317 e. The van der Waals surface area contributed by atoms with Crippen molar-refractivity contribution in [1.82, 2.24) is 9.80 Å². The third-order valence-electron chi connectivity index (χ3n) is 4.06. The number of hydrogen-bond donors (Lipinski definition) is 1. The first-order chi connectivity index (χ1) is 10.6. The van der Waals surface area contributed by atoms with Crippen molar-refractivity contribution < 1.29 is 14.7 Å². The molecule has 3 rings (SSSR count). The summed E-state index contributed by atoms with van der Waals surface area (Å²) in [6, 6.07) is 8.05. The van der Waals surface area contributed by atoms with Gasteiger partial charge in [-0.15, -0.1) is 11.3 Å². The zero-order chi connectivity index (χ0) is 15.7. The van der Waals surface area contributed by atoms with Crippen LogP contribution in [-0.4, -0.2) is 59.5 Å². The Morgan fingerprint density at radius 3 is 2.50 bits per heavy atom. The van der Waals surface area contributed by atoms with Gasteiger partial charge in [-0.25, -0.2) is 0 Å². The van der Waals surface area contributed by atoms with Gasteiger partial charge in [0.05, 0.1) is 11.4 Å². The molecule has 5 nitrogen and oxygen atoms in total. The van der Waals surface area contributed by atoms with Gasteiger partial charge in [0.25, 0.3) is 5.91 Å². The molecule has 0 aliphatic carbocycles. The monoisotopic (exact) mass is 318 g/mol. The highest BCUT2D eigenvalue weighted by Gasteiger charge is 2.25. The van der Waals surface area contributed by atoms with Gasteiger partial charge in [-0.05, 0) is 23.9 Å². The van der Waals surface area contributed by atoms with Gasteiger partial charge in [0.2, 0.25) is 0 Å². The number of thiophene rings is 1. The quantitative estimate of drug-likeness (QED) is 0.941. The largest absolute Gasteiger partial charge is 0.480 e. The number of amides is 1. The molecule has 0 saturated carbocycles. The number of rotatable bonds is 3. The molecule has 0 bridgehead atoms. The molecule has 1 aliphatic rings. The van der Waals surface area contributed by atoms with E-state index >= 15 is 0 Å². The summed E-state index contributed by atoms with van der Waals surface area (Å²) in [6.45, 7) is 4.43. The number of carboxylic acids is 1. The van der Waals surface area contributed by atoms with Crippen molar-refractivity contribution in [3.8, 4) is 0 Å². The summed E-state index contributed by atoms with van der Waals surface area (Å²) in [5, 5.41) is 9.95. The van der Waals surface area contributed by atoms with E-state index in [1.165, 1.54) is 11.3 Å². The van der Waals surface area contributed by atoms with E-state index in [0.717, 1.165) is 20.5 Å². The van der Waals surface area contributed by atoms with Crippen LogP contribution in [0.1, 0.15) is 15.2 Å². The SMILES string of the molecule is Cc1c(C(=O)N2CCN(CC(=O)O)CC2)sc2ccccc12. The highest BCUT2D eigenvalue weighted by Crippen LogP contribution is 2.31. The van der Waals surface area contributed by atoms with Gasteiger partial charge in [0.1, 0.15) is 0 Å². The van der Waals surface area contributed by atoms with Gasteiger partial charge in [-0.2, -0.15) is 0 Å². The smallest absolute Gasteiger partial charge is 0.317 e. The summed E-state index contributed by atoms with van der Waals surface area (Å²) in [5.41, 5.74) is 1.04. The van der Waals surface area contributed by atoms with Gasteiger partial charge in [-0.1, -0.05) is 18.2 Å². The first-order valence-corrected chi connectivity index (χ1v) is 8.09. The Morgan fingerprint density at radius 2 is 1.86 bits per heavy atom. The van der Waals surface area contributed by atoms with Crippen LogP contribution in [-0.2, 0) is 4.79 Å². The van der Waals surface area contributed by atoms with Gasteiger partial charge in [0.15, 0.2) is 0 Å². The molecule has 1 aromatic carbocycles. The van der Waals surface area contributed by atoms with E-state index in [-0.39, 0.29) is 12.5 Å². The number of aryl methyl sites for hydroxylation is 1. The third-order valence-corrected chi connectivity index (χ3v) is 5.32. The maximum atomic E-state index is 12.7. The van der Waals surface area contributed by atoms with Gasteiger partial charge in [-0.3, -0.25) is 14.5 Å². The minimum atomic E-state index is -0.819. The molecular weight excluding hydrogens is 300 g/mol. The van der Waals surface area contributed by atoms with Crippen LogP contribution >= 0.6 is 11.3 Å². The summed E-state index contributed by atoms with van der Waals surface area (Å²) < 4.78 is 1.13. The third kappa shape index (κ3) is 2.84. The number of hydrogen-bond acceptors (Lipinski definition) is 4. The van der Waals surface area contributed by atoms with Crippen molar-refractivity contribution in [3.63, 3.8) is 0 Å². The molecule has 0 unspecified atom stereocenters. The number of aliphatic carboxylic acids is 1. The Hall–Kier alpha value is -1.92. The Labute approximate surface area is 132 Å². The lowest BCUT2D eigenvalue weighted by molar-refractivity contribution is -0.138. The minimum Gasteiger partial charge on any atom is -0.480 e. The van der Waals surface area contributed by atoms with E-state index in [1.807, 2.05) is 41.0 Å². The lowest BCUT2D eigenvalue weighted by Gasteiger charge is -2.33. The minimum absolute atomic E-state index is 0.0456. The van der Waals surface area contributed by atoms with Gasteiger partial charge in [0, 0.05) is 30.9 Å². The molecule has 1 fully saturated rings. The van der Waals surface area contributed by atoms with Crippen molar-refractivity contribution in [2.24, 2.45) is 0 Å². The van der Waals surface area contributed by atoms with Crippen LogP contribution in [0.2, 0.25) is 0 Å². The van der Waals surface area contributed by atoms with E-state index in [2.05, 4.69) is 0 Å². The van der Waals surface area contributed by atoms with Crippen LogP contribution in [0.5, 0.6) is 0 Å². The fourth-order valence-corrected chi connectivity index (χ4v) is 4.00. The van der Waals surface area contributed by atoms with Crippen molar-refractivity contribution in [2.45, 2.75) is 6.92 Å². The van der Waals surface area contributed by atoms with E-state index < -0.39 is 5.97 Å². The second-order valence-corrected chi connectivity index (χ2v) is 6.57. The second kappa shape index (κ2) is 6.06. The topological polar surface area (TPSA) is 60.9 Å². The summed E-state index contributed by atoms with van der Waals surface area (Å²) in [4.78, 5) is 27.9. The molecular formula is C16H18N2O3S. The average Bonchev–Trinajstić information content (AvgIpc) is 2.84. The number of carbonyl (C=O) groups is 2. The van der Waals surface area contributed by atoms with Crippen LogP contribution in [0, 0.1) is 6.92 Å². The molecule has 1 saturated heterocycles. The van der Waals surface area contributed by atoms with Crippen LogP contribution in [0.15, 0.2) is 24.3 Å². The zero-order valence-electron chi connectivity index (χ0n) is 12.4. The molecule has 22 heavy (non-hydrogen) atoms. The fourth-order valence-electron chi connectivity index (χ4n) is 2.82. The summed E-state index contributed by atoms with van der Waals surface area (Å²) in [6.07, 6.45) is 0. The number of carboxylic acid groups (broad SMARTS) is 1. The lowest BCUT2D eigenvalue weighted by atomic mass is 10.1. The first-order valence-electron chi connectivity index (χ1n) is 7.28. The molecule has 1 amide bonds. The standard InChI is InChI=1S/C16H18N2O3S/c1-11-12-4-2-3-5-13(12)22-15(11)16(21)18-8-6-17(7-9-18)10-14(19)20/h2-5H,6-10H2,1H3,(H,19,20). The van der Waals surface area contributed by atoms with E-state index in [4.69, 9.17) is 5.11 Å². The van der Waals surface area contributed by atoms with E-state index in [0.29, 0.717) is 26.2 Å². The second-order valence-electron chi connectivity index (χ2n) is 5.51. The zero-order valence-corrected chi connectivity index (χ0v) is 13.2. The fraction of sp³-hybridized carbons (Fsp3) is 0.375. The molecule has 1 aromatic heterocycles. The summed E-state index contributed by atoms with van der Waals surface area (Å²) in [7, 11) is 0.